The molecule has 1 aromatic carbocycles. The van der Waals surface area contributed by atoms with E-state index in [-0.39, 0.29) is 11.9 Å². The minimum atomic E-state index is -0.665. The van der Waals surface area contributed by atoms with Gasteiger partial charge in [0.15, 0.2) is 5.96 Å². The van der Waals surface area contributed by atoms with Gasteiger partial charge in [-0.05, 0) is 38.5 Å². The number of rotatable bonds is 3. The van der Waals surface area contributed by atoms with E-state index in [9.17, 15) is 4.79 Å². The first-order valence-electron chi connectivity index (χ1n) is 6.31. The van der Waals surface area contributed by atoms with Gasteiger partial charge < -0.3 is 5.32 Å². The fourth-order valence-electron chi connectivity index (χ4n) is 2.05. The van der Waals surface area contributed by atoms with Crippen LogP contribution in [0.25, 0.3) is 0 Å². The van der Waals surface area contributed by atoms with Crippen molar-refractivity contribution >= 4 is 23.5 Å². The zero-order valence-electron chi connectivity index (χ0n) is 11.3. The Hall–Kier alpha value is -1.55. The van der Waals surface area contributed by atoms with Gasteiger partial charge in [-0.2, -0.15) is 0 Å². The van der Waals surface area contributed by atoms with Crippen LogP contribution in [0.2, 0.25) is 5.02 Å². The second-order valence-electron chi connectivity index (χ2n) is 5.29. The maximum atomic E-state index is 12.1. The Labute approximate surface area is 118 Å². The van der Waals surface area contributed by atoms with Gasteiger partial charge in [0.05, 0.1) is 0 Å². The number of aliphatic imine (C=N–C) groups is 1. The Balaban J connectivity index is 2.15. The van der Waals surface area contributed by atoms with Gasteiger partial charge in [0.2, 0.25) is 0 Å². The summed E-state index contributed by atoms with van der Waals surface area (Å²) in [5.74, 6) is 0.498. The van der Waals surface area contributed by atoms with Crippen molar-refractivity contribution in [3.05, 3.63) is 34.9 Å². The second kappa shape index (κ2) is 5.21. The number of nitrogens with one attached hydrogen (secondary N) is 2. The van der Waals surface area contributed by atoms with Crippen LogP contribution >= 0.6 is 11.6 Å². The summed E-state index contributed by atoms with van der Waals surface area (Å²) in [5, 5.41) is 6.64. The normalized spacial score (nSPS) is 24.7. The Morgan fingerprint density at radius 3 is 2.53 bits per heavy atom. The topological polar surface area (TPSA) is 53.5 Å². The maximum Gasteiger partial charge on any atom is 0.252 e. The molecule has 1 aliphatic rings. The fourth-order valence-corrected chi connectivity index (χ4v) is 2.18. The molecule has 4 nitrogen and oxygen atoms in total. The summed E-state index contributed by atoms with van der Waals surface area (Å²) in [4.78, 5) is 16.4. The minimum Gasteiger partial charge on any atom is -0.342 e. The standard InChI is InChI=1S/C14H18ClN3O/c1-9(2)16-13-17-12(19)14(3,18-13)8-10-4-6-11(15)7-5-10/h4-7,9H,8H2,1-3H3,(H2,16,17,18,19). The highest BCUT2D eigenvalue weighted by Crippen LogP contribution is 2.19. The number of amides is 1. The summed E-state index contributed by atoms with van der Waals surface area (Å²) < 4.78 is 0. The van der Waals surface area contributed by atoms with E-state index in [0.29, 0.717) is 17.4 Å². The molecule has 0 bridgehead atoms. The highest BCUT2D eigenvalue weighted by molar-refractivity contribution is 6.30. The number of hydrogen-bond acceptors (Lipinski definition) is 2. The molecule has 1 unspecified atom stereocenters. The Bertz CT molecular complexity index is 510. The van der Waals surface area contributed by atoms with Crippen molar-refractivity contribution in [1.82, 2.24) is 10.6 Å². The van der Waals surface area contributed by atoms with E-state index >= 15 is 0 Å². The first-order chi connectivity index (χ1) is 8.89. The molecule has 0 radical (unpaired) electrons. The lowest BCUT2D eigenvalue weighted by molar-refractivity contribution is -0.123. The van der Waals surface area contributed by atoms with Gasteiger partial charge >= 0.3 is 0 Å². The number of benzene rings is 1. The summed E-state index contributed by atoms with van der Waals surface area (Å²) >= 11 is 5.86. The van der Waals surface area contributed by atoms with Crippen LogP contribution in [0.3, 0.4) is 0 Å². The lowest BCUT2D eigenvalue weighted by atomic mass is 9.93. The van der Waals surface area contributed by atoms with E-state index in [4.69, 9.17) is 11.6 Å². The zero-order chi connectivity index (χ0) is 14.0. The molecule has 0 aromatic heterocycles. The van der Waals surface area contributed by atoms with Gasteiger partial charge in [-0.1, -0.05) is 23.7 Å². The molecule has 0 aliphatic carbocycles. The van der Waals surface area contributed by atoms with Crippen LogP contribution in [0.4, 0.5) is 0 Å². The van der Waals surface area contributed by atoms with E-state index in [1.54, 1.807) is 0 Å². The van der Waals surface area contributed by atoms with Crippen LogP contribution in [0.5, 0.6) is 0 Å². The lowest BCUT2D eigenvalue weighted by Gasteiger charge is -2.21. The monoisotopic (exact) mass is 279 g/mol. The third-order valence-corrected chi connectivity index (χ3v) is 3.24. The van der Waals surface area contributed by atoms with E-state index in [2.05, 4.69) is 15.6 Å². The summed E-state index contributed by atoms with van der Waals surface area (Å²) in [5.41, 5.74) is 0.391. The molecule has 1 atom stereocenters. The lowest BCUT2D eigenvalue weighted by Crippen LogP contribution is -2.45. The van der Waals surface area contributed by atoms with Crippen LogP contribution < -0.4 is 10.6 Å². The number of carbonyl (C=O) groups excluding carboxylic acids is 1. The first kappa shape index (κ1) is 13.9. The van der Waals surface area contributed by atoms with Crippen molar-refractivity contribution < 1.29 is 4.79 Å². The van der Waals surface area contributed by atoms with E-state index in [1.165, 1.54) is 0 Å². The van der Waals surface area contributed by atoms with Crippen molar-refractivity contribution in [3.8, 4) is 0 Å². The summed E-state index contributed by atoms with van der Waals surface area (Å²) in [6, 6.07) is 7.66. The quantitative estimate of drug-likeness (QED) is 0.891. The largest absolute Gasteiger partial charge is 0.342 e. The molecular weight excluding hydrogens is 262 g/mol. The minimum absolute atomic E-state index is 0.0538. The fraction of sp³-hybridized carbons (Fsp3) is 0.429. The van der Waals surface area contributed by atoms with Crippen molar-refractivity contribution in [2.75, 3.05) is 0 Å². The highest BCUT2D eigenvalue weighted by atomic mass is 35.5. The van der Waals surface area contributed by atoms with Crippen molar-refractivity contribution in [2.24, 2.45) is 4.99 Å². The Morgan fingerprint density at radius 2 is 1.95 bits per heavy atom. The van der Waals surface area contributed by atoms with Crippen LogP contribution in [0, 0.1) is 0 Å². The molecule has 19 heavy (non-hydrogen) atoms. The van der Waals surface area contributed by atoms with E-state index in [1.807, 2.05) is 45.0 Å². The third kappa shape index (κ3) is 3.26. The Kier molecular flexibility index (Phi) is 3.80. The molecule has 1 amide bonds. The number of guanidine groups is 1. The third-order valence-electron chi connectivity index (χ3n) is 2.99. The summed E-state index contributed by atoms with van der Waals surface area (Å²) in [7, 11) is 0. The second-order valence-corrected chi connectivity index (χ2v) is 5.72. The predicted octanol–water partition coefficient (Wildman–Crippen LogP) is 2.13. The molecule has 0 saturated carbocycles. The van der Waals surface area contributed by atoms with Crippen LogP contribution in [-0.4, -0.2) is 23.4 Å². The SMILES string of the molecule is CC(C)N=C1NC(=O)C(C)(Cc2ccc(Cl)cc2)N1. The number of carbonyl (C=O) groups is 1. The molecule has 1 heterocycles. The van der Waals surface area contributed by atoms with Gasteiger partial charge in [-0.15, -0.1) is 0 Å². The molecule has 1 aromatic rings. The van der Waals surface area contributed by atoms with Gasteiger partial charge in [0.1, 0.15) is 5.54 Å². The molecule has 1 aliphatic heterocycles. The average Bonchev–Trinajstić information content (AvgIpc) is 2.56. The summed E-state index contributed by atoms with van der Waals surface area (Å²) in [6.45, 7) is 5.81. The van der Waals surface area contributed by atoms with Gasteiger partial charge in [-0.25, -0.2) is 0 Å². The molecule has 102 valence electrons. The van der Waals surface area contributed by atoms with Crippen LogP contribution in [0.15, 0.2) is 29.3 Å². The number of halogens is 1. The molecule has 2 N–H and O–H groups in total. The van der Waals surface area contributed by atoms with Crippen LogP contribution in [-0.2, 0) is 11.2 Å². The molecule has 1 saturated heterocycles. The van der Waals surface area contributed by atoms with E-state index in [0.717, 1.165) is 5.56 Å². The number of nitrogens with zero attached hydrogens (tertiary/aromatic N) is 1. The smallest absolute Gasteiger partial charge is 0.252 e. The highest BCUT2D eigenvalue weighted by Gasteiger charge is 2.40. The molecule has 2 rings (SSSR count). The predicted molar refractivity (Wildman–Crippen MR) is 77.4 cm³/mol. The average molecular weight is 280 g/mol. The van der Waals surface area contributed by atoms with Crippen LogP contribution in [0.1, 0.15) is 26.3 Å². The van der Waals surface area contributed by atoms with Gasteiger partial charge in [0, 0.05) is 17.5 Å². The maximum absolute atomic E-state index is 12.1. The molecule has 1 fully saturated rings. The zero-order valence-corrected chi connectivity index (χ0v) is 12.1. The van der Waals surface area contributed by atoms with E-state index < -0.39 is 5.54 Å². The van der Waals surface area contributed by atoms with Gasteiger partial charge in [0.25, 0.3) is 5.91 Å². The molecular formula is C14H18ClN3O. The van der Waals surface area contributed by atoms with Gasteiger partial charge in [-0.3, -0.25) is 15.1 Å². The Morgan fingerprint density at radius 1 is 1.32 bits per heavy atom. The van der Waals surface area contributed by atoms with Crippen molar-refractivity contribution in [2.45, 2.75) is 38.8 Å². The summed E-state index contributed by atoms with van der Waals surface area (Å²) in [6.07, 6.45) is 0.590. The molecule has 0 spiro atoms. The molecule has 5 heteroatoms. The van der Waals surface area contributed by atoms with Crippen molar-refractivity contribution in [1.29, 1.82) is 0 Å². The van der Waals surface area contributed by atoms with Crippen molar-refractivity contribution in [3.63, 3.8) is 0 Å². The first-order valence-corrected chi connectivity index (χ1v) is 6.69. The number of hydrogen-bond donors (Lipinski definition) is 2.